The molecule has 7 nitrogen and oxygen atoms in total. The lowest BCUT2D eigenvalue weighted by atomic mass is 10.1. The predicted molar refractivity (Wildman–Crippen MR) is 72.1 cm³/mol. The fourth-order valence-electron chi connectivity index (χ4n) is 1.81. The van der Waals surface area contributed by atoms with E-state index in [0.717, 1.165) is 0 Å². The standard InChI is InChI=1S/C13H17N3O4/c1-17-9-6-8(7-10(18-2)12(9)19-3)13-15-11(4-5-14)20-16-13/h6-7H,4-5,14H2,1-3H3. The van der Waals surface area contributed by atoms with E-state index in [1.165, 1.54) is 0 Å². The lowest BCUT2D eigenvalue weighted by Crippen LogP contribution is -2.02. The third-order valence-corrected chi connectivity index (χ3v) is 2.75. The van der Waals surface area contributed by atoms with E-state index in [9.17, 15) is 0 Å². The zero-order valence-electron chi connectivity index (χ0n) is 11.7. The molecule has 0 saturated heterocycles. The Morgan fingerprint density at radius 2 is 1.75 bits per heavy atom. The molecule has 7 heteroatoms. The van der Waals surface area contributed by atoms with E-state index in [4.69, 9.17) is 24.5 Å². The first-order valence-corrected chi connectivity index (χ1v) is 6.06. The minimum Gasteiger partial charge on any atom is -0.493 e. The molecule has 0 aliphatic carbocycles. The number of hydrogen-bond donors (Lipinski definition) is 1. The highest BCUT2D eigenvalue weighted by Gasteiger charge is 2.17. The zero-order chi connectivity index (χ0) is 14.5. The van der Waals surface area contributed by atoms with Gasteiger partial charge >= 0.3 is 0 Å². The van der Waals surface area contributed by atoms with Gasteiger partial charge in [-0.25, -0.2) is 0 Å². The summed E-state index contributed by atoms with van der Waals surface area (Å²) >= 11 is 0. The van der Waals surface area contributed by atoms with E-state index in [-0.39, 0.29) is 0 Å². The fraction of sp³-hybridized carbons (Fsp3) is 0.385. The Morgan fingerprint density at radius 1 is 1.10 bits per heavy atom. The van der Waals surface area contributed by atoms with Gasteiger partial charge in [0.1, 0.15) is 0 Å². The summed E-state index contributed by atoms with van der Waals surface area (Å²) in [6.45, 7) is 0.455. The van der Waals surface area contributed by atoms with Gasteiger partial charge in [-0.1, -0.05) is 5.16 Å². The van der Waals surface area contributed by atoms with Crippen LogP contribution in [-0.4, -0.2) is 38.0 Å². The van der Waals surface area contributed by atoms with Crippen LogP contribution in [0.2, 0.25) is 0 Å². The van der Waals surface area contributed by atoms with Crippen LogP contribution in [0.4, 0.5) is 0 Å². The number of rotatable bonds is 6. The van der Waals surface area contributed by atoms with Gasteiger partial charge in [0.15, 0.2) is 11.5 Å². The second-order valence-corrected chi connectivity index (χ2v) is 3.96. The maximum atomic E-state index is 5.45. The van der Waals surface area contributed by atoms with Crippen molar-refractivity contribution >= 4 is 0 Å². The van der Waals surface area contributed by atoms with E-state index >= 15 is 0 Å². The summed E-state index contributed by atoms with van der Waals surface area (Å²) in [6.07, 6.45) is 0.539. The lowest BCUT2D eigenvalue weighted by Gasteiger charge is -2.12. The number of ether oxygens (including phenoxy) is 3. The Bertz CT molecular complexity index is 558. The van der Waals surface area contributed by atoms with E-state index in [2.05, 4.69) is 10.1 Å². The Kier molecular flexibility index (Phi) is 4.41. The van der Waals surface area contributed by atoms with Gasteiger partial charge in [0.25, 0.3) is 0 Å². The molecule has 0 bridgehead atoms. The summed E-state index contributed by atoms with van der Waals surface area (Å²) in [7, 11) is 4.65. The molecule has 1 heterocycles. The Morgan fingerprint density at radius 3 is 2.25 bits per heavy atom. The van der Waals surface area contributed by atoms with Crippen molar-refractivity contribution in [3.05, 3.63) is 18.0 Å². The van der Waals surface area contributed by atoms with Gasteiger partial charge in [0.05, 0.1) is 21.3 Å². The van der Waals surface area contributed by atoms with E-state index in [0.29, 0.717) is 47.5 Å². The van der Waals surface area contributed by atoms with Crippen LogP contribution < -0.4 is 19.9 Å². The smallest absolute Gasteiger partial charge is 0.228 e. The van der Waals surface area contributed by atoms with E-state index in [1.807, 2.05) is 0 Å². The molecule has 0 spiro atoms. The highest BCUT2D eigenvalue weighted by molar-refractivity contribution is 5.66. The molecule has 0 atom stereocenters. The largest absolute Gasteiger partial charge is 0.493 e. The Hall–Kier alpha value is -2.28. The quantitative estimate of drug-likeness (QED) is 0.850. The summed E-state index contributed by atoms with van der Waals surface area (Å²) < 4.78 is 20.9. The van der Waals surface area contributed by atoms with E-state index < -0.39 is 0 Å². The zero-order valence-corrected chi connectivity index (χ0v) is 11.7. The first-order valence-electron chi connectivity index (χ1n) is 6.06. The van der Waals surface area contributed by atoms with Crippen LogP contribution in [0.25, 0.3) is 11.4 Å². The third-order valence-electron chi connectivity index (χ3n) is 2.75. The second-order valence-electron chi connectivity index (χ2n) is 3.96. The molecule has 0 radical (unpaired) electrons. The maximum Gasteiger partial charge on any atom is 0.228 e. The van der Waals surface area contributed by atoms with Gasteiger partial charge in [0.2, 0.25) is 17.5 Å². The number of methoxy groups -OCH3 is 3. The van der Waals surface area contributed by atoms with Gasteiger partial charge in [-0.15, -0.1) is 0 Å². The summed E-state index contributed by atoms with van der Waals surface area (Å²) in [5, 5.41) is 3.92. The summed E-state index contributed by atoms with van der Waals surface area (Å²) in [6, 6.07) is 3.52. The minimum absolute atomic E-state index is 0.452. The summed E-state index contributed by atoms with van der Waals surface area (Å²) in [5.41, 5.74) is 6.17. The highest BCUT2D eigenvalue weighted by atomic mass is 16.5. The van der Waals surface area contributed by atoms with Crippen molar-refractivity contribution in [1.82, 2.24) is 10.1 Å². The topological polar surface area (TPSA) is 92.6 Å². The molecule has 2 aromatic rings. The van der Waals surface area contributed by atoms with Gasteiger partial charge in [-0.3, -0.25) is 0 Å². The fourth-order valence-corrected chi connectivity index (χ4v) is 1.81. The molecule has 0 amide bonds. The molecular weight excluding hydrogens is 262 g/mol. The molecule has 2 N–H and O–H groups in total. The van der Waals surface area contributed by atoms with Crippen molar-refractivity contribution in [3.63, 3.8) is 0 Å². The molecule has 108 valence electrons. The van der Waals surface area contributed by atoms with Crippen molar-refractivity contribution in [2.24, 2.45) is 5.73 Å². The average molecular weight is 279 g/mol. The van der Waals surface area contributed by atoms with Crippen LogP contribution in [0.1, 0.15) is 5.89 Å². The van der Waals surface area contributed by atoms with E-state index in [1.54, 1.807) is 33.5 Å². The van der Waals surface area contributed by atoms with Crippen molar-refractivity contribution < 1.29 is 18.7 Å². The van der Waals surface area contributed by atoms with Crippen LogP contribution in [0.5, 0.6) is 17.2 Å². The van der Waals surface area contributed by atoms with Crippen LogP contribution in [0.3, 0.4) is 0 Å². The number of aromatic nitrogens is 2. The molecule has 20 heavy (non-hydrogen) atoms. The van der Waals surface area contributed by atoms with Crippen molar-refractivity contribution in [3.8, 4) is 28.6 Å². The van der Waals surface area contributed by atoms with Gasteiger partial charge in [0, 0.05) is 18.5 Å². The first kappa shape index (κ1) is 14.1. The first-order chi connectivity index (χ1) is 9.73. The van der Waals surface area contributed by atoms with Crippen molar-refractivity contribution in [1.29, 1.82) is 0 Å². The Balaban J connectivity index is 2.45. The molecule has 0 saturated carbocycles. The monoisotopic (exact) mass is 279 g/mol. The Labute approximate surface area is 116 Å². The van der Waals surface area contributed by atoms with Crippen molar-refractivity contribution in [2.75, 3.05) is 27.9 Å². The maximum absolute atomic E-state index is 5.45. The highest BCUT2D eigenvalue weighted by Crippen LogP contribution is 2.40. The predicted octanol–water partition coefficient (Wildman–Crippen LogP) is 1.26. The summed E-state index contributed by atoms with van der Waals surface area (Å²) in [5.74, 6) is 2.53. The molecule has 2 rings (SSSR count). The molecular formula is C13H17N3O4. The van der Waals surface area contributed by atoms with Crippen LogP contribution in [0, 0.1) is 0 Å². The molecule has 0 aliphatic rings. The molecule has 0 unspecified atom stereocenters. The van der Waals surface area contributed by atoms with Gasteiger partial charge in [-0.05, 0) is 12.1 Å². The van der Waals surface area contributed by atoms with Gasteiger partial charge in [-0.2, -0.15) is 4.98 Å². The van der Waals surface area contributed by atoms with Crippen molar-refractivity contribution in [2.45, 2.75) is 6.42 Å². The molecule has 1 aromatic heterocycles. The lowest BCUT2D eigenvalue weighted by molar-refractivity contribution is 0.324. The summed E-state index contributed by atoms with van der Waals surface area (Å²) in [4.78, 5) is 4.27. The third kappa shape index (κ3) is 2.67. The normalized spacial score (nSPS) is 10.4. The van der Waals surface area contributed by atoms with Crippen LogP contribution in [-0.2, 0) is 6.42 Å². The average Bonchev–Trinajstić information content (AvgIpc) is 2.94. The number of nitrogens with zero attached hydrogens (tertiary/aromatic N) is 2. The minimum atomic E-state index is 0.452. The SMILES string of the molecule is COc1cc(-c2noc(CCN)n2)cc(OC)c1OC. The van der Waals surface area contributed by atoms with Crippen LogP contribution in [0.15, 0.2) is 16.7 Å². The number of benzene rings is 1. The molecule has 1 aromatic carbocycles. The number of nitrogens with two attached hydrogens (primary N) is 1. The molecule has 0 fully saturated rings. The van der Waals surface area contributed by atoms with Crippen LogP contribution >= 0.6 is 0 Å². The number of hydrogen-bond acceptors (Lipinski definition) is 7. The van der Waals surface area contributed by atoms with Gasteiger partial charge < -0.3 is 24.5 Å². The second kappa shape index (κ2) is 6.25. The molecule has 0 aliphatic heterocycles.